The number of nitrogens with one attached hydrogen (secondary N) is 1. The molecule has 57 heavy (non-hydrogen) atoms. The van der Waals surface area contributed by atoms with Gasteiger partial charge in [0.15, 0.2) is 0 Å². The van der Waals surface area contributed by atoms with Gasteiger partial charge in [-0.05, 0) is 20.8 Å². The van der Waals surface area contributed by atoms with E-state index < -0.39 is 86.8 Å². The minimum Gasteiger partial charge on any atom is -0.444 e. The van der Waals surface area contributed by atoms with Gasteiger partial charge in [0.25, 0.3) is 0 Å². The van der Waals surface area contributed by atoms with Crippen LogP contribution in [-0.2, 0) is 42.6 Å². The zero-order chi connectivity index (χ0) is 42.9. The zero-order valence-corrected chi connectivity index (χ0v) is 33.7. The molecule has 22 heteroatoms. The van der Waals surface area contributed by atoms with E-state index in [4.69, 9.17) is 52.8 Å². The maximum Gasteiger partial charge on any atom is 0.407 e. The normalized spacial score (nSPS) is 16.5. The summed E-state index contributed by atoms with van der Waals surface area (Å²) in [6.45, 7) is 8.68. The molecular formula is C35H72N2O20. The Kier molecular flexibility index (Phi) is 34.4. The van der Waals surface area contributed by atoms with Gasteiger partial charge in [-0.1, -0.05) is 0 Å². The van der Waals surface area contributed by atoms with Gasteiger partial charge in [0, 0.05) is 26.2 Å². The van der Waals surface area contributed by atoms with Crippen molar-refractivity contribution in [1.29, 1.82) is 0 Å². The molecule has 0 aromatic heterocycles. The lowest BCUT2D eigenvalue weighted by atomic mass is 10.0. The van der Waals surface area contributed by atoms with E-state index in [9.17, 15) is 45.6 Å². The standard InChI is InChI=1S/C35H72N2O20/c1-35(2,3)57-34(48)36-4-6-49-8-10-51-12-14-53-16-18-55-20-21-56-19-17-54-15-13-52-11-9-50-7-5-37(22-26(40)30(44)32(46)28(42)24-38)23-27(41)31(45)33(47)29(43)25-39/h26-33,38-47H,4-25H2,1-3H3,(H,36,48)/t26-,27-,28+,29+,30+,31+,32+,33+/m0/s1. The van der Waals surface area contributed by atoms with Crippen LogP contribution in [0.15, 0.2) is 0 Å². The molecule has 0 fully saturated rings. The fourth-order valence-corrected chi connectivity index (χ4v) is 4.50. The highest BCUT2D eigenvalue weighted by atomic mass is 16.6. The second-order valence-electron chi connectivity index (χ2n) is 13.7. The molecule has 0 aliphatic rings. The monoisotopic (exact) mass is 840 g/mol. The van der Waals surface area contributed by atoms with Crippen LogP contribution in [0.3, 0.4) is 0 Å². The Morgan fingerprint density at radius 2 is 0.754 bits per heavy atom. The van der Waals surface area contributed by atoms with Crippen molar-refractivity contribution in [3.8, 4) is 0 Å². The van der Waals surface area contributed by atoms with E-state index >= 15 is 0 Å². The fourth-order valence-electron chi connectivity index (χ4n) is 4.50. The van der Waals surface area contributed by atoms with Crippen LogP contribution < -0.4 is 5.32 Å². The minimum atomic E-state index is -1.88. The highest BCUT2D eigenvalue weighted by molar-refractivity contribution is 5.67. The fraction of sp³-hybridized carbons (Fsp3) is 0.971. The smallest absolute Gasteiger partial charge is 0.407 e. The molecule has 1 amide bonds. The maximum absolute atomic E-state index is 11.5. The van der Waals surface area contributed by atoms with Crippen molar-refractivity contribution in [2.45, 2.75) is 75.2 Å². The van der Waals surface area contributed by atoms with Gasteiger partial charge in [0.2, 0.25) is 0 Å². The van der Waals surface area contributed by atoms with Gasteiger partial charge in [-0.15, -0.1) is 0 Å². The predicted octanol–water partition coefficient (Wildman–Crippen LogP) is -5.18. The Bertz CT molecular complexity index is 894. The molecule has 0 bridgehead atoms. The number of carbonyl (C=O) groups is 1. The molecule has 0 aliphatic heterocycles. The number of aliphatic hydroxyl groups is 10. The van der Waals surface area contributed by atoms with Crippen molar-refractivity contribution in [3.05, 3.63) is 0 Å². The SMILES string of the molecule is CC(C)(C)OC(=O)NCCOCCOCCOCCOCCOCCOCCOCCOCCN(C[C@H](O)[C@@H](O)[C@H](O)[C@H](O)CO)C[C@H](O)[C@@H](O)[C@H](O)[C@H](O)CO. The van der Waals surface area contributed by atoms with E-state index in [1.807, 2.05) is 0 Å². The summed E-state index contributed by atoms with van der Waals surface area (Å²) < 4.78 is 48.7. The Hall–Kier alpha value is -1.49. The molecule has 0 spiro atoms. The summed E-state index contributed by atoms with van der Waals surface area (Å²) in [6, 6.07) is 0. The third-order valence-electron chi connectivity index (χ3n) is 7.61. The number of hydrogen-bond donors (Lipinski definition) is 11. The molecule has 22 nitrogen and oxygen atoms in total. The molecule has 0 rings (SSSR count). The highest BCUT2D eigenvalue weighted by Gasteiger charge is 2.34. The van der Waals surface area contributed by atoms with Gasteiger partial charge in [0.05, 0.1) is 131 Å². The largest absolute Gasteiger partial charge is 0.444 e. The second-order valence-corrected chi connectivity index (χ2v) is 13.7. The first-order valence-electron chi connectivity index (χ1n) is 19.1. The molecule has 0 aromatic rings. The predicted molar refractivity (Wildman–Crippen MR) is 199 cm³/mol. The lowest BCUT2D eigenvalue weighted by Crippen LogP contribution is -2.53. The van der Waals surface area contributed by atoms with Crippen LogP contribution in [-0.4, -0.2) is 262 Å². The highest BCUT2D eigenvalue weighted by Crippen LogP contribution is 2.11. The Balaban J connectivity index is 3.87. The van der Waals surface area contributed by atoms with Crippen molar-refractivity contribution in [1.82, 2.24) is 10.2 Å². The molecule has 0 aliphatic carbocycles. The van der Waals surface area contributed by atoms with Crippen LogP contribution in [0.4, 0.5) is 4.79 Å². The Morgan fingerprint density at radius 3 is 1.05 bits per heavy atom. The van der Waals surface area contributed by atoms with E-state index in [0.29, 0.717) is 92.4 Å². The van der Waals surface area contributed by atoms with Gasteiger partial charge < -0.3 is 99.0 Å². The molecule has 0 heterocycles. The van der Waals surface area contributed by atoms with Crippen molar-refractivity contribution >= 4 is 6.09 Å². The van der Waals surface area contributed by atoms with Crippen molar-refractivity contribution in [2.24, 2.45) is 0 Å². The first kappa shape index (κ1) is 55.5. The Labute approximate surface area is 335 Å². The van der Waals surface area contributed by atoms with Crippen molar-refractivity contribution in [2.75, 3.05) is 145 Å². The topological polar surface area (TPSA) is 318 Å². The van der Waals surface area contributed by atoms with Crippen LogP contribution in [0, 0.1) is 0 Å². The van der Waals surface area contributed by atoms with Crippen LogP contribution >= 0.6 is 0 Å². The third kappa shape index (κ3) is 31.1. The minimum absolute atomic E-state index is 0.0286. The first-order valence-corrected chi connectivity index (χ1v) is 19.1. The number of amides is 1. The number of rotatable bonds is 39. The summed E-state index contributed by atoms with van der Waals surface area (Å²) in [4.78, 5) is 12.9. The third-order valence-corrected chi connectivity index (χ3v) is 7.61. The van der Waals surface area contributed by atoms with Crippen molar-refractivity contribution in [3.63, 3.8) is 0 Å². The lowest BCUT2D eigenvalue weighted by Gasteiger charge is -2.33. The van der Waals surface area contributed by atoms with Gasteiger partial charge in [-0.2, -0.15) is 0 Å². The summed E-state index contributed by atoms with van der Waals surface area (Å²) >= 11 is 0. The molecule has 0 aromatic carbocycles. The summed E-state index contributed by atoms with van der Waals surface area (Å²) in [5.41, 5.74) is -0.541. The van der Waals surface area contributed by atoms with Crippen LogP contribution in [0.1, 0.15) is 20.8 Å². The molecule has 11 N–H and O–H groups in total. The maximum atomic E-state index is 11.5. The van der Waals surface area contributed by atoms with Gasteiger partial charge in [-0.3, -0.25) is 4.90 Å². The average molecular weight is 841 g/mol. The lowest BCUT2D eigenvalue weighted by molar-refractivity contribution is -0.131. The van der Waals surface area contributed by atoms with E-state index in [0.717, 1.165) is 0 Å². The number of ether oxygens (including phenoxy) is 9. The number of carbonyl (C=O) groups excluding carboxylic acids is 1. The quantitative estimate of drug-likeness (QED) is 0.0258. The molecular weight excluding hydrogens is 768 g/mol. The van der Waals surface area contributed by atoms with Crippen molar-refractivity contribution < 1.29 is 98.5 Å². The summed E-state index contributed by atoms with van der Waals surface area (Å²) in [6.07, 6.45) is -14.8. The molecule has 0 unspecified atom stereocenters. The number of alkyl carbamates (subject to hydrolysis) is 1. The summed E-state index contributed by atoms with van der Waals surface area (Å²) in [5, 5.41) is 101. The zero-order valence-electron chi connectivity index (χ0n) is 33.7. The van der Waals surface area contributed by atoms with E-state index in [1.54, 1.807) is 20.8 Å². The van der Waals surface area contributed by atoms with E-state index in [-0.39, 0.29) is 26.4 Å². The average Bonchev–Trinajstić information content (AvgIpc) is 3.17. The number of nitrogens with zero attached hydrogens (tertiary/aromatic N) is 1. The van der Waals surface area contributed by atoms with Gasteiger partial charge in [0.1, 0.15) is 42.2 Å². The molecule has 0 radical (unpaired) electrons. The van der Waals surface area contributed by atoms with Gasteiger partial charge >= 0.3 is 6.09 Å². The van der Waals surface area contributed by atoms with Crippen LogP contribution in [0.2, 0.25) is 0 Å². The number of hydrogen-bond acceptors (Lipinski definition) is 21. The molecule has 0 saturated carbocycles. The van der Waals surface area contributed by atoms with E-state index in [1.165, 1.54) is 4.90 Å². The van der Waals surface area contributed by atoms with Crippen LogP contribution in [0.5, 0.6) is 0 Å². The number of aliphatic hydroxyl groups excluding tert-OH is 10. The molecule has 0 saturated heterocycles. The molecule has 8 atom stereocenters. The first-order chi connectivity index (χ1) is 27.1. The summed E-state index contributed by atoms with van der Waals surface area (Å²) in [5.74, 6) is 0. The Morgan fingerprint density at radius 1 is 0.474 bits per heavy atom. The second kappa shape index (κ2) is 35.3. The van der Waals surface area contributed by atoms with Crippen LogP contribution in [0.25, 0.3) is 0 Å². The molecule has 342 valence electrons. The van der Waals surface area contributed by atoms with Gasteiger partial charge in [-0.25, -0.2) is 4.79 Å². The summed E-state index contributed by atoms with van der Waals surface area (Å²) in [7, 11) is 0. The van der Waals surface area contributed by atoms with E-state index in [2.05, 4.69) is 5.32 Å².